The minimum Gasteiger partial charge on any atom is -0.259 e. The first-order valence-corrected chi connectivity index (χ1v) is 5.19. The average Bonchev–Trinajstić information content (AvgIpc) is 2.16. The summed E-state index contributed by atoms with van der Waals surface area (Å²) in [7, 11) is -3.68. The van der Waals surface area contributed by atoms with E-state index in [0.717, 1.165) is 0 Å². The van der Waals surface area contributed by atoms with E-state index in [2.05, 4.69) is 0 Å². The van der Waals surface area contributed by atoms with Gasteiger partial charge in [-0.05, 0) is 12.1 Å². The second kappa shape index (κ2) is 4.01. The van der Waals surface area contributed by atoms with Crippen molar-refractivity contribution >= 4 is 9.84 Å². The van der Waals surface area contributed by atoms with Crippen LogP contribution in [0.4, 0.5) is 0 Å². The third kappa shape index (κ3) is 2.67. The quantitative estimate of drug-likeness (QED) is 0.558. The van der Waals surface area contributed by atoms with E-state index >= 15 is 0 Å². The summed E-state index contributed by atoms with van der Waals surface area (Å²) >= 11 is 0. The zero-order valence-corrected chi connectivity index (χ0v) is 7.85. The minimum atomic E-state index is -3.68. The SMILES string of the molecule is O=[N+]([O-])/C=C/S(=O)(=O)c1ccccc1. The number of hydrogen-bond donors (Lipinski definition) is 0. The van der Waals surface area contributed by atoms with Crippen LogP contribution in [0.2, 0.25) is 0 Å². The van der Waals surface area contributed by atoms with Crippen LogP contribution in [-0.4, -0.2) is 13.3 Å². The van der Waals surface area contributed by atoms with Crippen LogP contribution in [0.15, 0.2) is 46.8 Å². The molecule has 0 aliphatic heterocycles. The van der Waals surface area contributed by atoms with Crippen molar-refractivity contribution < 1.29 is 13.3 Å². The molecule has 0 unspecified atom stereocenters. The van der Waals surface area contributed by atoms with Crippen LogP contribution >= 0.6 is 0 Å². The smallest absolute Gasteiger partial charge is 0.246 e. The molecule has 0 spiro atoms. The lowest BCUT2D eigenvalue weighted by Gasteiger charge is -1.95. The number of sulfone groups is 1. The van der Waals surface area contributed by atoms with Gasteiger partial charge in [0, 0.05) is 0 Å². The van der Waals surface area contributed by atoms with Crippen molar-refractivity contribution in [2.45, 2.75) is 4.90 Å². The monoisotopic (exact) mass is 213 g/mol. The molecule has 14 heavy (non-hydrogen) atoms. The second-order valence-electron chi connectivity index (χ2n) is 2.43. The summed E-state index contributed by atoms with van der Waals surface area (Å²) in [4.78, 5) is 9.15. The molecule has 0 aliphatic rings. The fraction of sp³-hybridized carbons (Fsp3) is 0. The Morgan fingerprint density at radius 2 is 1.79 bits per heavy atom. The van der Waals surface area contributed by atoms with Gasteiger partial charge in [-0.15, -0.1) is 0 Å². The molecule has 0 aromatic heterocycles. The van der Waals surface area contributed by atoms with Crippen molar-refractivity contribution in [1.29, 1.82) is 0 Å². The maximum Gasteiger partial charge on any atom is 0.246 e. The van der Waals surface area contributed by atoms with Gasteiger partial charge in [0.2, 0.25) is 16.0 Å². The molecule has 74 valence electrons. The van der Waals surface area contributed by atoms with Gasteiger partial charge in [-0.3, -0.25) is 10.1 Å². The average molecular weight is 213 g/mol. The first-order chi connectivity index (χ1) is 6.52. The second-order valence-corrected chi connectivity index (χ2v) is 4.26. The van der Waals surface area contributed by atoms with Crippen LogP contribution in [0.5, 0.6) is 0 Å². The molecular weight excluding hydrogens is 206 g/mol. The van der Waals surface area contributed by atoms with Gasteiger partial charge >= 0.3 is 0 Å². The van der Waals surface area contributed by atoms with Crippen LogP contribution in [0.3, 0.4) is 0 Å². The van der Waals surface area contributed by atoms with E-state index in [0.29, 0.717) is 11.6 Å². The molecule has 0 radical (unpaired) electrons. The molecule has 1 aromatic carbocycles. The summed E-state index contributed by atoms with van der Waals surface area (Å²) in [6, 6.07) is 7.51. The van der Waals surface area contributed by atoms with Gasteiger partial charge in [-0.25, -0.2) is 8.42 Å². The van der Waals surface area contributed by atoms with E-state index in [1.165, 1.54) is 12.1 Å². The summed E-state index contributed by atoms with van der Waals surface area (Å²) in [5.41, 5.74) is 0. The van der Waals surface area contributed by atoms with E-state index in [1.54, 1.807) is 18.2 Å². The van der Waals surface area contributed by atoms with Crippen LogP contribution in [0, 0.1) is 10.1 Å². The number of nitrogens with zero attached hydrogens (tertiary/aromatic N) is 1. The highest BCUT2D eigenvalue weighted by atomic mass is 32.2. The molecule has 0 heterocycles. The molecule has 0 atom stereocenters. The third-order valence-electron chi connectivity index (χ3n) is 1.43. The molecule has 5 nitrogen and oxygen atoms in total. The molecule has 0 fully saturated rings. The van der Waals surface area contributed by atoms with Crippen molar-refractivity contribution in [2.75, 3.05) is 0 Å². The topological polar surface area (TPSA) is 77.3 Å². The Hall–Kier alpha value is -1.69. The molecule has 0 aliphatic carbocycles. The Balaban J connectivity index is 3.05. The fourth-order valence-corrected chi connectivity index (χ4v) is 1.77. The highest BCUT2D eigenvalue weighted by molar-refractivity contribution is 7.94. The third-order valence-corrected chi connectivity index (χ3v) is 2.84. The molecule has 0 saturated heterocycles. The van der Waals surface area contributed by atoms with Crippen molar-refractivity contribution in [1.82, 2.24) is 0 Å². The number of rotatable bonds is 3. The summed E-state index contributed by atoms with van der Waals surface area (Å²) in [6.45, 7) is 0. The molecule has 1 aromatic rings. The van der Waals surface area contributed by atoms with Crippen molar-refractivity contribution in [2.24, 2.45) is 0 Å². The molecule has 0 bridgehead atoms. The zero-order valence-electron chi connectivity index (χ0n) is 7.03. The summed E-state index contributed by atoms with van der Waals surface area (Å²) in [5.74, 6) is 0. The van der Waals surface area contributed by atoms with Gasteiger partial charge in [0.1, 0.15) is 5.41 Å². The van der Waals surface area contributed by atoms with Crippen LogP contribution in [0.25, 0.3) is 0 Å². The lowest BCUT2D eigenvalue weighted by Crippen LogP contribution is -1.97. The van der Waals surface area contributed by atoms with Crippen LogP contribution in [0.1, 0.15) is 0 Å². The predicted octanol–water partition coefficient (Wildman–Crippen LogP) is 1.21. The van der Waals surface area contributed by atoms with Gasteiger partial charge in [0.15, 0.2) is 0 Å². The van der Waals surface area contributed by atoms with Gasteiger partial charge < -0.3 is 0 Å². The minimum absolute atomic E-state index is 0.0399. The lowest BCUT2D eigenvalue weighted by molar-refractivity contribution is -0.402. The van der Waals surface area contributed by atoms with Crippen LogP contribution < -0.4 is 0 Å². The van der Waals surface area contributed by atoms with Gasteiger partial charge in [-0.1, -0.05) is 18.2 Å². The van der Waals surface area contributed by atoms with Gasteiger partial charge in [0.25, 0.3) is 0 Å². The van der Waals surface area contributed by atoms with E-state index in [1.807, 2.05) is 0 Å². The first-order valence-electron chi connectivity index (χ1n) is 3.64. The zero-order chi connectivity index (χ0) is 10.6. The number of nitro groups is 1. The maximum atomic E-state index is 11.3. The Bertz CT molecular complexity index is 449. The predicted molar refractivity (Wildman–Crippen MR) is 49.8 cm³/mol. The van der Waals surface area contributed by atoms with Crippen molar-refractivity contribution in [3.63, 3.8) is 0 Å². The van der Waals surface area contributed by atoms with E-state index in [4.69, 9.17) is 0 Å². The fourth-order valence-electron chi connectivity index (χ4n) is 0.819. The number of hydrogen-bond acceptors (Lipinski definition) is 4. The Morgan fingerprint density at radius 3 is 2.29 bits per heavy atom. The first kappa shape index (κ1) is 10.4. The Labute approximate surface area is 80.8 Å². The molecule has 0 amide bonds. The largest absolute Gasteiger partial charge is 0.259 e. The van der Waals surface area contributed by atoms with E-state index in [9.17, 15) is 18.5 Å². The standard InChI is InChI=1S/C8H7NO4S/c10-9(11)6-7-14(12,13)8-4-2-1-3-5-8/h1-7H/b7-6+. The Morgan fingerprint density at radius 1 is 1.21 bits per heavy atom. The maximum absolute atomic E-state index is 11.3. The van der Waals surface area contributed by atoms with E-state index in [-0.39, 0.29) is 4.90 Å². The molecule has 1 rings (SSSR count). The highest BCUT2D eigenvalue weighted by Gasteiger charge is 2.10. The molecular formula is C8H7NO4S. The Kier molecular flexibility index (Phi) is 2.98. The number of benzene rings is 1. The summed E-state index contributed by atoms with van der Waals surface area (Å²) < 4.78 is 22.7. The molecule has 6 heteroatoms. The van der Waals surface area contributed by atoms with Crippen molar-refractivity contribution in [3.05, 3.63) is 52.1 Å². The van der Waals surface area contributed by atoms with Crippen LogP contribution in [-0.2, 0) is 9.84 Å². The van der Waals surface area contributed by atoms with Crippen molar-refractivity contribution in [3.8, 4) is 0 Å². The molecule has 0 N–H and O–H groups in total. The summed E-state index contributed by atoms with van der Waals surface area (Å²) in [6.07, 6.45) is 0.405. The van der Waals surface area contributed by atoms with Gasteiger partial charge in [0.05, 0.1) is 9.82 Å². The molecule has 0 saturated carbocycles. The normalized spacial score (nSPS) is 11.7. The van der Waals surface area contributed by atoms with Gasteiger partial charge in [-0.2, -0.15) is 0 Å². The van der Waals surface area contributed by atoms with E-state index < -0.39 is 14.8 Å². The lowest BCUT2D eigenvalue weighted by atomic mass is 10.4. The highest BCUT2D eigenvalue weighted by Crippen LogP contribution is 2.10. The summed E-state index contributed by atoms with van der Waals surface area (Å²) in [5, 5.41) is 10.5.